The molecule has 1 N–H and O–H groups in total. The van der Waals surface area contributed by atoms with Gasteiger partial charge in [0.2, 0.25) is 0 Å². The van der Waals surface area contributed by atoms with Crippen molar-refractivity contribution in [1.82, 2.24) is 5.43 Å². The van der Waals surface area contributed by atoms with Crippen molar-refractivity contribution < 1.29 is 0 Å². The summed E-state index contributed by atoms with van der Waals surface area (Å²) in [5.41, 5.74) is 5.09. The maximum atomic E-state index is 4.13. The third-order valence-corrected chi connectivity index (χ3v) is 2.25. The molecule has 0 aliphatic carbocycles. The molecular formula is C9H8BrN2. The second kappa shape index (κ2) is 3.27. The zero-order valence-electron chi connectivity index (χ0n) is 6.42. The predicted molar refractivity (Wildman–Crippen MR) is 53.0 cm³/mol. The van der Waals surface area contributed by atoms with E-state index in [2.05, 4.69) is 32.9 Å². The Bertz CT molecular complexity index is 303. The molecular weight excluding hydrogens is 216 g/mol. The summed E-state index contributed by atoms with van der Waals surface area (Å²) in [4.78, 5) is 0. The van der Waals surface area contributed by atoms with Crippen molar-refractivity contribution in [2.24, 2.45) is 5.10 Å². The molecule has 1 aromatic carbocycles. The van der Waals surface area contributed by atoms with Gasteiger partial charge in [-0.3, -0.25) is 0 Å². The summed E-state index contributed by atoms with van der Waals surface area (Å²) >= 11 is 3.39. The highest BCUT2D eigenvalue weighted by Gasteiger charge is 2.07. The van der Waals surface area contributed by atoms with Crippen LogP contribution in [0, 0.1) is 6.42 Å². The minimum absolute atomic E-state index is 0.839. The third-order valence-electron chi connectivity index (χ3n) is 1.73. The van der Waals surface area contributed by atoms with Crippen molar-refractivity contribution in [2.75, 3.05) is 6.54 Å². The number of hydrogen-bond acceptors (Lipinski definition) is 2. The first-order valence-electron chi connectivity index (χ1n) is 3.76. The largest absolute Gasteiger partial charge is 0.309 e. The molecule has 0 amide bonds. The Kier molecular flexibility index (Phi) is 2.13. The monoisotopic (exact) mass is 223 g/mol. The average Bonchev–Trinajstić information content (AvgIpc) is 2.58. The zero-order chi connectivity index (χ0) is 8.39. The Morgan fingerprint density at radius 3 is 2.58 bits per heavy atom. The van der Waals surface area contributed by atoms with Crippen molar-refractivity contribution in [3.8, 4) is 0 Å². The third kappa shape index (κ3) is 1.50. The Balaban J connectivity index is 2.28. The molecule has 2 rings (SSSR count). The van der Waals surface area contributed by atoms with Crippen molar-refractivity contribution in [2.45, 2.75) is 0 Å². The van der Waals surface area contributed by atoms with Gasteiger partial charge in [0, 0.05) is 17.4 Å². The van der Waals surface area contributed by atoms with Crippen LogP contribution in [0.3, 0.4) is 0 Å². The Hall–Kier alpha value is -0.830. The topological polar surface area (TPSA) is 24.4 Å². The van der Waals surface area contributed by atoms with Crippen molar-refractivity contribution >= 4 is 21.6 Å². The summed E-state index contributed by atoms with van der Waals surface area (Å²) in [6, 6.07) is 8.13. The Morgan fingerprint density at radius 1 is 1.25 bits per heavy atom. The first-order chi connectivity index (χ1) is 5.86. The van der Waals surface area contributed by atoms with Crippen LogP contribution < -0.4 is 5.43 Å². The molecule has 0 unspecified atom stereocenters. The maximum Gasteiger partial charge on any atom is 0.0731 e. The number of benzene rings is 1. The molecule has 0 spiro atoms. The lowest BCUT2D eigenvalue weighted by atomic mass is 10.1. The Labute approximate surface area is 79.8 Å². The summed E-state index contributed by atoms with van der Waals surface area (Å²) in [5, 5.41) is 4.13. The van der Waals surface area contributed by atoms with Gasteiger partial charge in [-0.25, -0.2) is 0 Å². The fourth-order valence-electron chi connectivity index (χ4n) is 1.12. The predicted octanol–water partition coefficient (Wildman–Crippen LogP) is 1.96. The van der Waals surface area contributed by atoms with Gasteiger partial charge in [-0.05, 0) is 17.7 Å². The molecule has 2 nitrogen and oxygen atoms in total. The molecule has 0 aromatic heterocycles. The number of nitrogens with one attached hydrogen (secondary N) is 1. The molecule has 0 saturated carbocycles. The van der Waals surface area contributed by atoms with E-state index in [9.17, 15) is 0 Å². The lowest BCUT2D eigenvalue weighted by molar-refractivity contribution is 0.854. The van der Waals surface area contributed by atoms with Gasteiger partial charge in [-0.1, -0.05) is 28.1 Å². The van der Waals surface area contributed by atoms with Gasteiger partial charge in [0.25, 0.3) is 0 Å². The summed E-state index contributed by atoms with van der Waals surface area (Å²) in [7, 11) is 0. The standard InChI is InChI=1S/C9H8BrN2/c10-8-3-1-7(2-4-8)9-5-6-11-12-9/h1-5,11H,6H2. The summed E-state index contributed by atoms with van der Waals surface area (Å²) in [6.45, 7) is 0.839. The zero-order valence-corrected chi connectivity index (χ0v) is 8.01. The van der Waals surface area contributed by atoms with Gasteiger partial charge in [0.1, 0.15) is 0 Å². The minimum Gasteiger partial charge on any atom is -0.309 e. The van der Waals surface area contributed by atoms with Crippen LogP contribution in [0.1, 0.15) is 5.56 Å². The van der Waals surface area contributed by atoms with Gasteiger partial charge < -0.3 is 5.43 Å². The smallest absolute Gasteiger partial charge is 0.0731 e. The van der Waals surface area contributed by atoms with Crippen LogP contribution in [0.25, 0.3) is 0 Å². The molecule has 1 heterocycles. The van der Waals surface area contributed by atoms with E-state index in [0.717, 1.165) is 22.3 Å². The highest BCUT2D eigenvalue weighted by molar-refractivity contribution is 9.10. The van der Waals surface area contributed by atoms with E-state index < -0.39 is 0 Å². The van der Waals surface area contributed by atoms with Crippen LogP contribution in [0.15, 0.2) is 33.8 Å². The normalized spacial score (nSPS) is 15.6. The van der Waals surface area contributed by atoms with Crippen LogP contribution in [0.4, 0.5) is 0 Å². The van der Waals surface area contributed by atoms with E-state index in [4.69, 9.17) is 0 Å². The molecule has 0 atom stereocenters. The van der Waals surface area contributed by atoms with E-state index in [0.29, 0.717) is 0 Å². The molecule has 61 valence electrons. The highest BCUT2D eigenvalue weighted by Crippen LogP contribution is 2.12. The molecule has 1 aromatic rings. The molecule has 3 heteroatoms. The second-order valence-corrected chi connectivity index (χ2v) is 3.49. The Morgan fingerprint density at radius 2 is 2.00 bits per heavy atom. The number of nitrogens with zero attached hydrogens (tertiary/aromatic N) is 1. The number of halogens is 1. The first kappa shape index (κ1) is 7.80. The number of hydrogen-bond donors (Lipinski definition) is 1. The molecule has 0 saturated heterocycles. The van der Waals surface area contributed by atoms with E-state index >= 15 is 0 Å². The fourth-order valence-corrected chi connectivity index (χ4v) is 1.39. The quantitative estimate of drug-likeness (QED) is 0.774. The summed E-state index contributed by atoms with van der Waals surface area (Å²) in [6.07, 6.45) is 2.07. The van der Waals surface area contributed by atoms with Crippen LogP contribution in [-0.4, -0.2) is 12.3 Å². The maximum absolute atomic E-state index is 4.13. The van der Waals surface area contributed by atoms with E-state index in [-0.39, 0.29) is 0 Å². The van der Waals surface area contributed by atoms with E-state index in [1.807, 2.05) is 24.3 Å². The van der Waals surface area contributed by atoms with Gasteiger partial charge in [0.15, 0.2) is 0 Å². The minimum atomic E-state index is 0.839. The van der Waals surface area contributed by atoms with Crippen molar-refractivity contribution in [1.29, 1.82) is 0 Å². The lowest BCUT2D eigenvalue weighted by Gasteiger charge is -1.97. The molecule has 1 aliphatic heterocycles. The van der Waals surface area contributed by atoms with Gasteiger partial charge in [-0.2, -0.15) is 5.10 Å². The highest BCUT2D eigenvalue weighted by atomic mass is 79.9. The number of hydrazone groups is 1. The molecule has 1 radical (unpaired) electrons. The average molecular weight is 224 g/mol. The first-order valence-corrected chi connectivity index (χ1v) is 4.55. The van der Waals surface area contributed by atoms with Gasteiger partial charge in [-0.15, -0.1) is 0 Å². The summed E-state index contributed by atoms with van der Waals surface area (Å²) in [5.74, 6) is 0. The molecule has 0 fully saturated rings. The second-order valence-electron chi connectivity index (χ2n) is 2.57. The van der Waals surface area contributed by atoms with Crippen molar-refractivity contribution in [3.63, 3.8) is 0 Å². The van der Waals surface area contributed by atoms with Gasteiger partial charge >= 0.3 is 0 Å². The molecule has 0 bridgehead atoms. The SMILES string of the molecule is Brc1ccc(C2=NNC[CH]2)cc1. The van der Waals surface area contributed by atoms with Crippen LogP contribution in [-0.2, 0) is 0 Å². The fraction of sp³-hybridized carbons (Fsp3) is 0.111. The molecule has 1 aliphatic rings. The van der Waals surface area contributed by atoms with Gasteiger partial charge in [0.05, 0.1) is 5.71 Å². The van der Waals surface area contributed by atoms with Crippen LogP contribution in [0.5, 0.6) is 0 Å². The number of rotatable bonds is 1. The van der Waals surface area contributed by atoms with Crippen molar-refractivity contribution in [3.05, 3.63) is 40.7 Å². The summed E-state index contributed by atoms with van der Waals surface area (Å²) < 4.78 is 1.10. The van der Waals surface area contributed by atoms with E-state index in [1.165, 1.54) is 0 Å². The van der Waals surface area contributed by atoms with Crippen LogP contribution in [0.2, 0.25) is 0 Å². The lowest BCUT2D eigenvalue weighted by Crippen LogP contribution is -1.98. The van der Waals surface area contributed by atoms with Crippen LogP contribution >= 0.6 is 15.9 Å². The van der Waals surface area contributed by atoms with E-state index in [1.54, 1.807) is 0 Å². The molecule has 12 heavy (non-hydrogen) atoms.